The van der Waals surface area contributed by atoms with Gasteiger partial charge < -0.3 is 15.4 Å². The molecule has 0 radical (unpaired) electrons. The van der Waals surface area contributed by atoms with Crippen molar-refractivity contribution in [1.29, 1.82) is 0 Å². The SMILES string of the molecule is Nc1nonc1-c1nc2ccccc2n1CC(=O)NN=Cc1cc(Br)ccc1O. The number of nitrogens with zero attached hydrogens (tertiary/aromatic N) is 5. The van der Waals surface area contributed by atoms with Crippen LogP contribution in [-0.2, 0) is 11.3 Å². The molecule has 4 N–H and O–H groups in total. The zero-order valence-corrected chi connectivity index (χ0v) is 16.4. The van der Waals surface area contributed by atoms with Gasteiger partial charge in [-0.15, -0.1) is 0 Å². The Morgan fingerprint density at radius 1 is 1.31 bits per heavy atom. The van der Waals surface area contributed by atoms with Crippen LogP contribution in [0, 0.1) is 0 Å². The summed E-state index contributed by atoms with van der Waals surface area (Å²) in [6.45, 7) is -0.0933. The van der Waals surface area contributed by atoms with E-state index in [2.05, 4.69) is 46.4 Å². The maximum Gasteiger partial charge on any atom is 0.260 e. The number of fused-ring (bicyclic) bond motifs is 1. The van der Waals surface area contributed by atoms with Crippen molar-refractivity contribution in [2.45, 2.75) is 6.54 Å². The number of nitrogen functional groups attached to an aromatic ring is 1. The number of carbonyl (C=O) groups is 1. The largest absolute Gasteiger partial charge is 0.507 e. The number of phenolic OH excluding ortho intramolecular Hbond substituents is 1. The number of hydrazone groups is 1. The maximum absolute atomic E-state index is 12.5. The summed E-state index contributed by atoms with van der Waals surface area (Å²) in [6.07, 6.45) is 1.35. The van der Waals surface area contributed by atoms with E-state index in [9.17, 15) is 9.90 Å². The molecule has 0 saturated carbocycles. The Morgan fingerprint density at radius 3 is 2.93 bits per heavy atom. The molecule has 0 spiro atoms. The number of amides is 1. The molecule has 0 aliphatic heterocycles. The lowest BCUT2D eigenvalue weighted by atomic mass is 10.2. The summed E-state index contributed by atoms with van der Waals surface area (Å²) in [4.78, 5) is 16.9. The van der Waals surface area contributed by atoms with Crippen LogP contribution in [0.5, 0.6) is 5.75 Å². The van der Waals surface area contributed by atoms with Crippen molar-refractivity contribution in [2.75, 3.05) is 5.73 Å². The number of aromatic hydroxyl groups is 1. The fraction of sp³-hybridized carbons (Fsp3) is 0.0556. The normalized spacial score (nSPS) is 11.3. The molecule has 2 heterocycles. The lowest BCUT2D eigenvalue weighted by Crippen LogP contribution is -2.23. The minimum Gasteiger partial charge on any atom is -0.507 e. The molecule has 11 heteroatoms. The number of carbonyl (C=O) groups excluding carboxylic acids is 1. The number of halogens is 1. The van der Waals surface area contributed by atoms with Gasteiger partial charge in [-0.1, -0.05) is 28.1 Å². The molecule has 0 aliphatic carbocycles. The maximum atomic E-state index is 12.5. The molecule has 10 nitrogen and oxygen atoms in total. The molecular weight excluding hydrogens is 442 g/mol. The minimum atomic E-state index is -0.407. The van der Waals surface area contributed by atoms with Crippen molar-refractivity contribution in [3.8, 4) is 17.3 Å². The Balaban J connectivity index is 1.59. The van der Waals surface area contributed by atoms with Gasteiger partial charge in [-0.25, -0.2) is 15.0 Å². The predicted octanol–water partition coefficient (Wildman–Crippen LogP) is 2.29. The van der Waals surface area contributed by atoms with E-state index in [-0.39, 0.29) is 23.8 Å². The number of imidazole rings is 1. The number of anilines is 1. The molecule has 0 bridgehead atoms. The van der Waals surface area contributed by atoms with Crippen LogP contribution in [0.2, 0.25) is 0 Å². The van der Waals surface area contributed by atoms with Gasteiger partial charge in [0.25, 0.3) is 5.91 Å². The first-order chi connectivity index (χ1) is 14.0. The topological polar surface area (TPSA) is 144 Å². The van der Waals surface area contributed by atoms with Crippen molar-refractivity contribution in [2.24, 2.45) is 5.10 Å². The highest BCUT2D eigenvalue weighted by Crippen LogP contribution is 2.26. The van der Waals surface area contributed by atoms with Crippen LogP contribution in [0.4, 0.5) is 5.82 Å². The van der Waals surface area contributed by atoms with Crippen LogP contribution in [0.1, 0.15) is 5.56 Å². The van der Waals surface area contributed by atoms with E-state index in [0.717, 1.165) is 4.47 Å². The number of nitrogens with two attached hydrogens (primary N) is 1. The van der Waals surface area contributed by atoms with E-state index in [0.29, 0.717) is 22.4 Å². The van der Waals surface area contributed by atoms with Crippen LogP contribution < -0.4 is 11.2 Å². The van der Waals surface area contributed by atoms with Gasteiger partial charge in [-0.3, -0.25) is 4.79 Å². The molecular formula is C18H14BrN7O3. The number of hydrogen-bond donors (Lipinski definition) is 3. The molecule has 0 saturated heterocycles. The standard InChI is InChI=1S/C18H14BrN7O3/c19-11-5-6-14(27)10(7-11)8-21-23-15(28)9-26-13-4-2-1-3-12(13)22-18(26)16-17(20)25-29-24-16/h1-8,27H,9H2,(H2,20,25)(H,23,28). The van der Waals surface area contributed by atoms with Crippen LogP contribution in [0.3, 0.4) is 0 Å². The lowest BCUT2D eigenvalue weighted by Gasteiger charge is -2.06. The van der Waals surface area contributed by atoms with Gasteiger partial charge in [-0.05, 0) is 40.6 Å². The van der Waals surface area contributed by atoms with Crippen molar-refractivity contribution in [1.82, 2.24) is 25.3 Å². The van der Waals surface area contributed by atoms with Crippen LogP contribution in [0.15, 0.2) is 56.7 Å². The highest BCUT2D eigenvalue weighted by atomic mass is 79.9. The zero-order chi connectivity index (χ0) is 20.4. The summed E-state index contributed by atoms with van der Waals surface area (Å²) in [5, 5.41) is 21.1. The third-order valence-electron chi connectivity index (χ3n) is 4.06. The number of nitrogens with one attached hydrogen (secondary N) is 1. The van der Waals surface area contributed by atoms with Crippen LogP contribution in [-0.4, -0.2) is 37.1 Å². The van der Waals surface area contributed by atoms with E-state index >= 15 is 0 Å². The molecule has 1 amide bonds. The summed E-state index contributed by atoms with van der Waals surface area (Å²) >= 11 is 3.31. The molecule has 2 aromatic heterocycles. The van der Waals surface area contributed by atoms with Crippen molar-refractivity contribution in [3.05, 3.63) is 52.5 Å². The fourth-order valence-corrected chi connectivity index (χ4v) is 3.13. The zero-order valence-electron chi connectivity index (χ0n) is 14.8. The van der Waals surface area contributed by atoms with Gasteiger partial charge >= 0.3 is 0 Å². The van der Waals surface area contributed by atoms with Gasteiger partial charge in [0.15, 0.2) is 17.3 Å². The third kappa shape index (κ3) is 3.80. The number of rotatable bonds is 5. The average Bonchev–Trinajstić information content (AvgIpc) is 3.28. The number of phenols is 1. The second kappa shape index (κ2) is 7.72. The molecule has 0 fully saturated rings. The minimum absolute atomic E-state index is 0.0445. The first-order valence-corrected chi connectivity index (χ1v) is 9.16. The van der Waals surface area contributed by atoms with Crippen molar-refractivity contribution >= 4 is 44.9 Å². The van der Waals surface area contributed by atoms with E-state index in [1.165, 1.54) is 12.3 Å². The smallest absolute Gasteiger partial charge is 0.260 e. The molecule has 146 valence electrons. The molecule has 29 heavy (non-hydrogen) atoms. The third-order valence-corrected chi connectivity index (χ3v) is 4.56. The monoisotopic (exact) mass is 455 g/mol. The molecule has 0 aliphatic rings. The van der Waals surface area contributed by atoms with Crippen LogP contribution in [0.25, 0.3) is 22.6 Å². The Labute approximate surface area is 172 Å². The van der Waals surface area contributed by atoms with E-state index in [1.54, 1.807) is 16.7 Å². The number of hydrogen-bond acceptors (Lipinski definition) is 8. The van der Waals surface area contributed by atoms with Gasteiger partial charge in [-0.2, -0.15) is 5.10 Å². The van der Waals surface area contributed by atoms with E-state index in [4.69, 9.17) is 5.73 Å². The summed E-state index contributed by atoms with van der Waals surface area (Å²) in [5.41, 5.74) is 10.3. The van der Waals surface area contributed by atoms with Gasteiger partial charge in [0.05, 0.1) is 17.2 Å². The lowest BCUT2D eigenvalue weighted by molar-refractivity contribution is -0.121. The molecule has 0 atom stereocenters. The highest BCUT2D eigenvalue weighted by molar-refractivity contribution is 9.10. The summed E-state index contributed by atoms with van der Waals surface area (Å²) in [5.74, 6) is 0.0668. The Hall–Kier alpha value is -3.73. The predicted molar refractivity (Wildman–Crippen MR) is 109 cm³/mol. The second-order valence-corrected chi connectivity index (χ2v) is 6.92. The Kier molecular flexibility index (Phi) is 4.96. The van der Waals surface area contributed by atoms with Crippen molar-refractivity contribution in [3.63, 3.8) is 0 Å². The molecule has 4 rings (SSSR count). The Bertz CT molecular complexity index is 1230. The van der Waals surface area contributed by atoms with Gasteiger partial charge in [0.1, 0.15) is 12.3 Å². The number of aromatic nitrogens is 4. The van der Waals surface area contributed by atoms with Gasteiger partial charge in [0, 0.05) is 10.0 Å². The first kappa shape index (κ1) is 18.6. The molecule has 0 unspecified atom stereocenters. The van der Waals surface area contributed by atoms with E-state index < -0.39 is 5.91 Å². The summed E-state index contributed by atoms with van der Waals surface area (Å²) in [6, 6.07) is 12.2. The van der Waals surface area contributed by atoms with Gasteiger partial charge in [0.2, 0.25) is 0 Å². The quantitative estimate of drug-likeness (QED) is 0.309. The highest BCUT2D eigenvalue weighted by Gasteiger charge is 2.20. The van der Waals surface area contributed by atoms with Crippen LogP contribution >= 0.6 is 15.9 Å². The fourth-order valence-electron chi connectivity index (χ4n) is 2.75. The molecule has 4 aromatic rings. The second-order valence-electron chi connectivity index (χ2n) is 6.00. The molecule has 2 aromatic carbocycles. The summed E-state index contributed by atoms with van der Waals surface area (Å²) < 4.78 is 7.08. The Morgan fingerprint density at radius 2 is 2.14 bits per heavy atom. The number of para-hydroxylation sites is 2. The van der Waals surface area contributed by atoms with E-state index in [1.807, 2.05) is 24.3 Å². The summed E-state index contributed by atoms with van der Waals surface area (Å²) in [7, 11) is 0. The average molecular weight is 456 g/mol. The first-order valence-electron chi connectivity index (χ1n) is 8.37. The van der Waals surface area contributed by atoms with Crippen molar-refractivity contribution < 1.29 is 14.5 Å². The number of benzene rings is 2.